The van der Waals surface area contributed by atoms with Gasteiger partial charge in [0.1, 0.15) is 0 Å². The van der Waals surface area contributed by atoms with Gasteiger partial charge in [0.2, 0.25) is 0 Å². The second-order valence-corrected chi connectivity index (χ2v) is 6.53. The highest BCUT2D eigenvalue weighted by atomic mass is 16.5. The Labute approximate surface area is 157 Å². The zero-order valence-corrected chi connectivity index (χ0v) is 15.2. The largest absolute Gasteiger partial charge is 0.383 e. The van der Waals surface area contributed by atoms with Crippen LogP contribution >= 0.6 is 0 Å². The zero-order chi connectivity index (χ0) is 18.6. The first kappa shape index (κ1) is 17.2. The van der Waals surface area contributed by atoms with E-state index in [1.165, 1.54) is 0 Å². The lowest BCUT2D eigenvalue weighted by molar-refractivity contribution is 0.0994. The highest BCUT2D eigenvalue weighted by Crippen LogP contribution is 2.26. The van der Waals surface area contributed by atoms with E-state index >= 15 is 0 Å². The van der Waals surface area contributed by atoms with Gasteiger partial charge in [-0.1, -0.05) is 42.5 Å². The van der Waals surface area contributed by atoms with E-state index in [1.807, 2.05) is 65.7 Å². The van der Waals surface area contributed by atoms with Crippen LogP contribution in [-0.2, 0) is 17.7 Å². The second-order valence-electron chi connectivity index (χ2n) is 6.53. The van der Waals surface area contributed by atoms with Gasteiger partial charge in [-0.15, -0.1) is 0 Å². The molecule has 0 amide bonds. The molecule has 4 rings (SSSR count). The topological polar surface area (TPSA) is 59.9 Å². The van der Waals surface area contributed by atoms with Crippen LogP contribution in [0.25, 0.3) is 22.0 Å². The van der Waals surface area contributed by atoms with Crippen LogP contribution in [0.3, 0.4) is 0 Å². The van der Waals surface area contributed by atoms with Crippen LogP contribution < -0.4 is 0 Å². The fraction of sp³-hybridized carbons (Fsp3) is 0.182. The Morgan fingerprint density at radius 3 is 2.81 bits per heavy atom. The van der Waals surface area contributed by atoms with Crippen molar-refractivity contribution in [3.63, 3.8) is 0 Å². The summed E-state index contributed by atoms with van der Waals surface area (Å²) in [5.74, 6) is 0.118. The third-order valence-corrected chi connectivity index (χ3v) is 4.68. The Balaban J connectivity index is 1.58. The monoisotopic (exact) mass is 359 g/mol. The maximum absolute atomic E-state index is 12.7. The highest BCUT2D eigenvalue weighted by molar-refractivity contribution is 6.09. The Hall–Kier alpha value is -3.18. The molecule has 4 aromatic rings. The standard InChI is InChI=1S/C22H21N3O2/c1-27-10-9-25-15-18(13-24-25)17-7-8-19-20(14-23-21(19)12-17)22(26)11-16-5-3-2-4-6-16/h2-8,12-15,23H,9-11H2,1H3. The number of fused-ring (bicyclic) bond motifs is 1. The van der Waals surface area contributed by atoms with Gasteiger partial charge < -0.3 is 9.72 Å². The first-order valence-electron chi connectivity index (χ1n) is 8.94. The number of aromatic nitrogens is 3. The van der Waals surface area contributed by atoms with Gasteiger partial charge in [0, 0.05) is 48.0 Å². The van der Waals surface area contributed by atoms with Gasteiger partial charge in [-0.25, -0.2) is 0 Å². The van der Waals surface area contributed by atoms with E-state index in [1.54, 1.807) is 7.11 Å². The molecule has 0 saturated heterocycles. The van der Waals surface area contributed by atoms with E-state index in [4.69, 9.17) is 4.74 Å². The number of rotatable bonds is 7. The van der Waals surface area contributed by atoms with Crippen LogP contribution in [0.4, 0.5) is 0 Å². The van der Waals surface area contributed by atoms with Gasteiger partial charge >= 0.3 is 0 Å². The Bertz CT molecular complexity index is 1060. The number of hydrogen-bond donors (Lipinski definition) is 1. The predicted molar refractivity (Wildman–Crippen MR) is 106 cm³/mol. The summed E-state index contributed by atoms with van der Waals surface area (Å²) in [5, 5.41) is 5.31. The molecule has 0 radical (unpaired) electrons. The molecule has 0 fully saturated rings. The Morgan fingerprint density at radius 2 is 2.00 bits per heavy atom. The average molecular weight is 359 g/mol. The van der Waals surface area contributed by atoms with E-state index < -0.39 is 0 Å². The summed E-state index contributed by atoms with van der Waals surface area (Å²) in [6.07, 6.45) is 6.06. The Morgan fingerprint density at radius 1 is 1.15 bits per heavy atom. The van der Waals surface area contributed by atoms with Crippen molar-refractivity contribution in [2.75, 3.05) is 13.7 Å². The first-order valence-corrected chi connectivity index (χ1v) is 8.94. The van der Waals surface area contributed by atoms with Crippen LogP contribution in [0.15, 0.2) is 67.1 Å². The normalized spacial score (nSPS) is 11.1. The number of H-pyrrole nitrogens is 1. The number of ether oxygens (including phenoxy) is 1. The van der Waals surface area contributed by atoms with Gasteiger partial charge in [-0.3, -0.25) is 9.48 Å². The lowest BCUT2D eigenvalue weighted by atomic mass is 10.0. The van der Waals surface area contributed by atoms with Crippen molar-refractivity contribution in [1.29, 1.82) is 0 Å². The number of aromatic amines is 1. The molecule has 2 heterocycles. The maximum atomic E-state index is 12.7. The average Bonchev–Trinajstić information content (AvgIpc) is 3.33. The molecule has 136 valence electrons. The number of hydrogen-bond acceptors (Lipinski definition) is 3. The lowest BCUT2D eigenvalue weighted by Crippen LogP contribution is -2.03. The fourth-order valence-corrected chi connectivity index (χ4v) is 3.23. The number of Topliss-reactive ketones (excluding diaryl/α,β-unsaturated/α-hetero) is 1. The van der Waals surface area contributed by atoms with Crippen molar-refractivity contribution in [1.82, 2.24) is 14.8 Å². The van der Waals surface area contributed by atoms with E-state index in [9.17, 15) is 4.79 Å². The van der Waals surface area contributed by atoms with Crippen LogP contribution in [0.1, 0.15) is 15.9 Å². The minimum absolute atomic E-state index is 0.118. The molecule has 2 aromatic heterocycles. The molecule has 0 saturated carbocycles. The van der Waals surface area contributed by atoms with Gasteiger partial charge in [-0.2, -0.15) is 5.10 Å². The summed E-state index contributed by atoms with van der Waals surface area (Å²) >= 11 is 0. The third-order valence-electron chi connectivity index (χ3n) is 4.68. The summed E-state index contributed by atoms with van der Waals surface area (Å²) in [7, 11) is 1.68. The molecule has 0 aliphatic carbocycles. The summed E-state index contributed by atoms with van der Waals surface area (Å²) in [4.78, 5) is 15.9. The molecule has 27 heavy (non-hydrogen) atoms. The molecule has 0 atom stereocenters. The van der Waals surface area contributed by atoms with Crippen molar-refractivity contribution in [2.24, 2.45) is 0 Å². The van der Waals surface area contributed by atoms with Crippen LogP contribution in [0, 0.1) is 0 Å². The predicted octanol–water partition coefficient (Wildman–Crippen LogP) is 4.10. The second kappa shape index (κ2) is 7.60. The number of carbonyl (C=O) groups excluding carboxylic acids is 1. The molecule has 5 heteroatoms. The minimum Gasteiger partial charge on any atom is -0.383 e. The van der Waals surface area contributed by atoms with Gasteiger partial charge in [0.15, 0.2) is 5.78 Å². The fourth-order valence-electron chi connectivity index (χ4n) is 3.23. The molecule has 0 aliphatic rings. The summed E-state index contributed by atoms with van der Waals surface area (Å²) < 4.78 is 6.96. The summed E-state index contributed by atoms with van der Waals surface area (Å²) in [6.45, 7) is 1.35. The molecule has 0 bridgehead atoms. The molecule has 2 aromatic carbocycles. The first-order chi connectivity index (χ1) is 13.2. The molecule has 0 aliphatic heterocycles. The highest BCUT2D eigenvalue weighted by Gasteiger charge is 2.13. The number of carbonyl (C=O) groups is 1. The molecular weight excluding hydrogens is 338 g/mol. The van der Waals surface area contributed by atoms with E-state index in [-0.39, 0.29) is 5.78 Å². The number of nitrogens with one attached hydrogen (secondary N) is 1. The number of methoxy groups -OCH3 is 1. The van der Waals surface area contributed by atoms with Crippen LogP contribution in [0.2, 0.25) is 0 Å². The van der Waals surface area contributed by atoms with Gasteiger partial charge in [0.25, 0.3) is 0 Å². The molecule has 0 spiro atoms. The molecule has 0 unspecified atom stereocenters. The van der Waals surface area contributed by atoms with E-state index in [0.717, 1.165) is 39.7 Å². The van der Waals surface area contributed by atoms with E-state index in [2.05, 4.69) is 16.1 Å². The smallest absolute Gasteiger partial charge is 0.169 e. The molecule has 1 N–H and O–H groups in total. The Kier molecular flexibility index (Phi) is 4.85. The molecular formula is C22H21N3O2. The third kappa shape index (κ3) is 3.68. The van der Waals surface area contributed by atoms with Crippen molar-refractivity contribution in [3.05, 3.63) is 78.2 Å². The van der Waals surface area contributed by atoms with Gasteiger partial charge in [-0.05, 0) is 17.2 Å². The van der Waals surface area contributed by atoms with Crippen LogP contribution in [-0.4, -0.2) is 34.3 Å². The lowest BCUT2D eigenvalue weighted by Gasteiger charge is -2.02. The minimum atomic E-state index is 0.118. The molecule has 5 nitrogen and oxygen atoms in total. The van der Waals surface area contributed by atoms with E-state index in [0.29, 0.717) is 13.0 Å². The SMILES string of the molecule is COCCn1cc(-c2ccc3c(C(=O)Cc4ccccc4)c[nH]c3c2)cn1. The van der Waals surface area contributed by atoms with Gasteiger partial charge in [0.05, 0.1) is 19.3 Å². The van der Waals surface area contributed by atoms with Crippen molar-refractivity contribution < 1.29 is 9.53 Å². The number of nitrogens with zero attached hydrogens (tertiary/aromatic N) is 2. The number of benzene rings is 2. The van der Waals surface area contributed by atoms with Crippen molar-refractivity contribution >= 4 is 16.7 Å². The summed E-state index contributed by atoms with van der Waals surface area (Å²) in [5.41, 5.74) is 4.82. The zero-order valence-electron chi connectivity index (χ0n) is 15.2. The van der Waals surface area contributed by atoms with Crippen LogP contribution in [0.5, 0.6) is 0 Å². The summed E-state index contributed by atoms with van der Waals surface area (Å²) in [6, 6.07) is 15.9. The van der Waals surface area contributed by atoms with Crippen molar-refractivity contribution in [3.8, 4) is 11.1 Å². The number of ketones is 1. The quantitative estimate of drug-likeness (QED) is 0.505. The van der Waals surface area contributed by atoms with Crippen molar-refractivity contribution in [2.45, 2.75) is 13.0 Å². The maximum Gasteiger partial charge on any atom is 0.169 e.